The molecule has 0 amide bonds. The Balaban J connectivity index is 2.53. The van der Waals surface area contributed by atoms with Gasteiger partial charge in [-0.05, 0) is 35.7 Å². The van der Waals surface area contributed by atoms with Crippen LogP contribution in [0.5, 0.6) is 0 Å². The van der Waals surface area contributed by atoms with Crippen LogP contribution in [-0.2, 0) is 0 Å². The number of aromatic nitrogens is 3. The summed E-state index contributed by atoms with van der Waals surface area (Å²) < 4.78 is 1.98. The van der Waals surface area contributed by atoms with Gasteiger partial charge in [0.15, 0.2) is 5.65 Å². The van der Waals surface area contributed by atoms with Crippen LogP contribution in [0.25, 0.3) is 16.6 Å². The Morgan fingerprint density at radius 1 is 1.24 bits per heavy atom. The average Bonchev–Trinajstić information content (AvgIpc) is 2.75. The highest BCUT2D eigenvalue weighted by Crippen LogP contribution is 2.29. The third kappa shape index (κ3) is 1.58. The van der Waals surface area contributed by atoms with Crippen LogP contribution in [0.1, 0.15) is 25.3 Å². The number of nitrogens with zero attached hydrogens (tertiary/aromatic N) is 3. The van der Waals surface area contributed by atoms with E-state index in [-0.39, 0.29) is 0 Å². The van der Waals surface area contributed by atoms with Crippen LogP contribution in [0.2, 0.25) is 5.02 Å². The van der Waals surface area contributed by atoms with Gasteiger partial charge in [-0.2, -0.15) is 0 Å². The van der Waals surface area contributed by atoms with Gasteiger partial charge in [-0.15, -0.1) is 10.2 Å². The van der Waals surface area contributed by atoms with Gasteiger partial charge in [0.2, 0.25) is 0 Å². The summed E-state index contributed by atoms with van der Waals surface area (Å²) in [4.78, 5) is 0. The lowest BCUT2D eigenvalue weighted by molar-refractivity contribution is 0.874. The monoisotopic (exact) mass is 245 g/mol. The SMILES string of the molecule is CC(C)c1cc2nncn2c2ccc(Cl)cc12. The molecule has 0 saturated carbocycles. The number of hydrogen-bond donors (Lipinski definition) is 0. The van der Waals surface area contributed by atoms with Gasteiger partial charge in [-0.25, -0.2) is 0 Å². The molecule has 3 rings (SSSR count). The molecule has 1 aromatic carbocycles. The summed E-state index contributed by atoms with van der Waals surface area (Å²) in [6.45, 7) is 4.34. The van der Waals surface area contributed by atoms with E-state index in [1.54, 1.807) is 6.33 Å². The van der Waals surface area contributed by atoms with Crippen molar-refractivity contribution in [2.45, 2.75) is 19.8 Å². The van der Waals surface area contributed by atoms with Crippen molar-refractivity contribution in [1.82, 2.24) is 14.6 Å². The maximum absolute atomic E-state index is 6.08. The van der Waals surface area contributed by atoms with Crippen molar-refractivity contribution in [1.29, 1.82) is 0 Å². The highest BCUT2D eigenvalue weighted by atomic mass is 35.5. The Labute approximate surface area is 104 Å². The molecule has 3 aromatic rings. The molecule has 0 aliphatic heterocycles. The van der Waals surface area contributed by atoms with Gasteiger partial charge in [-0.3, -0.25) is 4.40 Å². The molecule has 17 heavy (non-hydrogen) atoms. The van der Waals surface area contributed by atoms with Gasteiger partial charge >= 0.3 is 0 Å². The van der Waals surface area contributed by atoms with E-state index in [9.17, 15) is 0 Å². The first kappa shape index (κ1) is 10.5. The Kier molecular flexibility index (Phi) is 2.30. The van der Waals surface area contributed by atoms with Crippen LogP contribution in [-0.4, -0.2) is 14.6 Å². The molecule has 4 heteroatoms. The summed E-state index contributed by atoms with van der Waals surface area (Å²) >= 11 is 6.08. The third-order valence-electron chi connectivity index (χ3n) is 3.01. The number of hydrogen-bond acceptors (Lipinski definition) is 2. The zero-order valence-electron chi connectivity index (χ0n) is 9.68. The van der Waals surface area contributed by atoms with Crippen LogP contribution in [0.3, 0.4) is 0 Å². The molecule has 0 radical (unpaired) electrons. The summed E-state index contributed by atoms with van der Waals surface area (Å²) in [6, 6.07) is 8.00. The molecule has 86 valence electrons. The van der Waals surface area contributed by atoms with Gasteiger partial charge in [-0.1, -0.05) is 25.4 Å². The minimum Gasteiger partial charge on any atom is -0.281 e. The minimum atomic E-state index is 0.428. The Morgan fingerprint density at radius 2 is 2.06 bits per heavy atom. The summed E-state index contributed by atoms with van der Waals surface area (Å²) in [5.74, 6) is 0.428. The van der Waals surface area contributed by atoms with Gasteiger partial charge < -0.3 is 0 Å². The van der Waals surface area contributed by atoms with Crippen molar-refractivity contribution in [3.63, 3.8) is 0 Å². The summed E-state index contributed by atoms with van der Waals surface area (Å²) in [7, 11) is 0. The fourth-order valence-electron chi connectivity index (χ4n) is 2.17. The molecule has 2 aromatic heterocycles. The molecule has 0 unspecified atom stereocenters. The summed E-state index contributed by atoms with van der Waals surface area (Å²) in [6.07, 6.45) is 1.73. The van der Waals surface area contributed by atoms with E-state index in [0.29, 0.717) is 5.92 Å². The maximum Gasteiger partial charge on any atom is 0.161 e. The largest absolute Gasteiger partial charge is 0.281 e. The first-order valence-electron chi connectivity index (χ1n) is 5.58. The molecule has 0 aliphatic rings. The van der Waals surface area contributed by atoms with Crippen molar-refractivity contribution in [3.8, 4) is 0 Å². The van der Waals surface area contributed by atoms with Gasteiger partial charge in [0.1, 0.15) is 6.33 Å². The average molecular weight is 246 g/mol. The van der Waals surface area contributed by atoms with Gasteiger partial charge in [0.25, 0.3) is 0 Å². The molecule has 3 nitrogen and oxygen atoms in total. The smallest absolute Gasteiger partial charge is 0.161 e. The van der Waals surface area contributed by atoms with Crippen molar-refractivity contribution >= 4 is 28.2 Å². The second-order valence-corrected chi connectivity index (χ2v) is 4.91. The first-order valence-corrected chi connectivity index (χ1v) is 5.96. The fraction of sp³-hybridized carbons (Fsp3) is 0.231. The number of benzene rings is 1. The van der Waals surface area contributed by atoms with E-state index >= 15 is 0 Å². The zero-order valence-corrected chi connectivity index (χ0v) is 10.4. The second kappa shape index (κ2) is 3.70. The van der Waals surface area contributed by atoms with E-state index in [1.807, 2.05) is 22.6 Å². The maximum atomic E-state index is 6.08. The fourth-order valence-corrected chi connectivity index (χ4v) is 2.34. The predicted molar refractivity (Wildman–Crippen MR) is 69.6 cm³/mol. The zero-order chi connectivity index (χ0) is 12.0. The van der Waals surface area contributed by atoms with Crippen LogP contribution in [0.15, 0.2) is 30.6 Å². The summed E-state index contributed by atoms with van der Waals surface area (Å²) in [5, 5.41) is 9.99. The lowest BCUT2D eigenvalue weighted by Crippen LogP contribution is -1.95. The molecule has 0 N–H and O–H groups in total. The quantitative estimate of drug-likeness (QED) is 0.655. The molecule has 0 bridgehead atoms. The second-order valence-electron chi connectivity index (χ2n) is 4.47. The lowest BCUT2D eigenvalue weighted by atomic mass is 9.99. The van der Waals surface area contributed by atoms with Gasteiger partial charge in [0, 0.05) is 10.4 Å². The molecule has 0 spiro atoms. The molecular weight excluding hydrogens is 234 g/mol. The number of pyridine rings is 1. The molecule has 0 saturated heterocycles. The Morgan fingerprint density at radius 3 is 2.82 bits per heavy atom. The highest BCUT2D eigenvalue weighted by Gasteiger charge is 2.10. The molecular formula is C13H12ClN3. The van der Waals surface area contributed by atoms with E-state index < -0.39 is 0 Å². The standard InChI is InChI=1S/C13H12ClN3/c1-8(2)10-6-13-16-15-7-17(13)12-4-3-9(14)5-11(10)12/h3-8H,1-2H3. The number of halogens is 1. The van der Waals surface area contributed by atoms with Gasteiger partial charge in [0.05, 0.1) is 5.52 Å². The first-order chi connectivity index (χ1) is 8.16. The molecule has 2 heterocycles. The van der Waals surface area contributed by atoms with Crippen LogP contribution < -0.4 is 0 Å². The van der Waals surface area contributed by atoms with Crippen molar-refractivity contribution in [3.05, 3.63) is 41.2 Å². The highest BCUT2D eigenvalue weighted by molar-refractivity contribution is 6.31. The molecule has 0 aliphatic carbocycles. The topological polar surface area (TPSA) is 30.2 Å². The number of fused-ring (bicyclic) bond motifs is 3. The van der Waals surface area contributed by atoms with E-state index in [0.717, 1.165) is 16.2 Å². The van der Waals surface area contributed by atoms with Crippen LogP contribution >= 0.6 is 11.6 Å². The predicted octanol–water partition coefficient (Wildman–Crippen LogP) is 3.66. The van der Waals surface area contributed by atoms with Crippen LogP contribution in [0.4, 0.5) is 0 Å². The minimum absolute atomic E-state index is 0.428. The normalized spacial score (nSPS) is 11.8. The van der Waals surface area contributed by atoms with Crippen molar-refractivity contribution in [2.24, 2.45) is 0 Å². The number of rotatable bonds is 1. The van der Waals surface area contributed by atoms with E-state index in [2.05, 4.69) is 30.1 Å². The Bertz CT molecular complexity index is 700. The molecule has 0 fully saturated rings. The Hall–Kier alpha value is -1.61. The van der Waals surface area contributed by atoms with E-state index in [1.165, 1.54) is 10.9 Å². The van der Waals surface area contributed by atoms with Crippen molar-refractivity contribution in [2.75, 3.05) is 0 Å². The molecule has 0 atom stereocenters. The lowest BCUT2D eigenvalue weighted by Gasteiger charge is -2.11. The van der Waals surface area contributed by atoms with Crippen LogP contribution in [0, 0.1) is 0 Å². The summed E-state index contributed by atoms with van der Waals surface area (Å²) in [5.41, 5.74) is 3.23. The third-order valence-corrected chi connectivity index (χ3v) is 3.24. The van der Waals surface area contributed by atoms with Crippen molar-refractivity contribution < 1.29 is 0 Å². The van der Waals surface area contributed by atoms with E-state index in [4.69, 9.17) is 11.6 Å².